The molecule has 0 unspecified atom stereocenters. The number of hydrogen-bond acceptors (Lipinski definition) is 3. The smallest absolute Gasteiger partial charge is 0.341 e. The van der Waals surface area contributed by atoms with Crippen LogP contribution in [0.4, 0.5) is 0 Å². The van der Waals surface area contributed by atoms with Gasteiger partial charge in [0.15, 0.2) is 5.78 Å². The lowest BCUT2D eigenvalue weighted by Gasteiger charge is -2.24. The van der Waals surface area contributed by atoms with Gasteiger partial charge < -0.3 is 4.74 Å². The third kappa shape index (κ3) is 1.50. The number of ketones is 1. The fraction of sp³-hybridized carbons (Fsp3) is 0.667. The van der Waals surface area contributed by atoms with E-state index in [-0.39, 0.29) is 11.7 Å². The summed E-state index contributed by atoms with van der Waals surface area (Å²) >= 11 is 0. The number of esters is 1. The number of rotatable bonds is 1. The molecule has 0 aromatic rings. The van der Waals surface area contributed by atoms with Crippen molar-refractivity contribution in [3.63, 3.8) is 0 Å². The van der Waals surface area contributed by atoms with Crippen LogP contribution in [-0.4, -0.2) is 18.9 Å². The molecule has 15 heavy (non-hydrogen) atoms. The van der Waals surface area contributed by atoms with Gasteiger partial charge in [-0.3, -0.25) is 4.79 Å². The van der Waals surface area contributed by atoms with Gasteiger partial charge in [0.2, 0.25) is 0 Å². The van der Waals surface area contributed by atoms with E-state index in [1.54, 1.807) is 0 Å². The third-order valence-electron chi connectivity index (χ3n) is 3.69. The summed E-state index contributed by atoms with van der Waals surface area (Å²) < 4.78 is 4.66. The first-order chi connectivity index (χ1) is 7.16. The van der Waals surface area contributed by atoms with Crippen molar-refractivity contribution in [1.82, 2.24) is 0 Å². The topological polar surface area (TPSA) is 43.4 Å². The molecule has 3 heteroatoms. The van der Waals surface area contributed by atoms with E-state index in [0.29, 0.717) is 11.5 Å². The molecule has 0 bridgehead atoms. The van der Waals surface area contributed by atoms with Crippen LogP contribution in [0.25, 0.3) is 0 Å². The maximum atomic E-state index is 12.0. The summed E-state index contributed by atoms with van der Waals surface area (Å²) in [7, 11) is 1.33. The Morgan fingerprint density at radius 2 is 1.87 bits per heavy atom. The Hall–Kier alpha value is -1.12. The standard InChI is InChI=1S/C12H16O3/c1-7-8-5-3-4-6-9(8)11(13)10(7)12(14)15-2/h8-9H,3-6H2,1-2H3/t8-,9-/m0/s1. The van der Waals surface area contributed by atoms with Crippen molar-refractivity contribution in [3.05, 3.63) is 11.1 Å². The maximum absolute atomic E-state index is 12.0. The molecule has 2 aliphatic carbocycles. The minimum absolute atomic E-state index is 0.0176. The summed E-state index contributed by atoms with van der Waals surface area (Å²) in [5, 5.41) is 0. The highest BCUT2D eigenvalue weighted by atomic mass is 16.5. The second-order valence-corrected chi connectivity index (χ2v) is 4.41. The van der Waals surface area contributed by atoms with Crippen LogP contribution in [0.15, 0.2) is 11.1 Å². The molecule has 1 saturated carbocycles. The Kier molecular flexibility index (Phi) is 2.63. The minimum atomic E-state index is -0.452. The lowest BCUT2D eigenvalue weighted by molar-refractivity contribution is -0.138. The molecule has 0 aliphatic heterocycles. The number of methoxy groups -OCH3 is 1. The molecule has 0 aromatic heterocycles. The Morgan fingerprint density at radius 1 is 1.27 bits per heavy atom. The summed E-state index contributed by atoms with van der Waals surface area (Å²) in [6.07, 6.45) is 4.25. The van der Waals surface area contributed by atoms with Crippen molar-refractivity contribution in [2.24, 2.45) is 11.8 Å². The van der Waals surface area contributed by atoms with Crippen LogP contribution in [0.2, 0.25) is 0 Å². The highest BCUT2D eigenvalue weighted by molar-refractivity contribution is 6.20. The van der Waals surface area contributed by atoms with Crippen LogP contribution in [0.5, 0.6) is 0 Å². The zero-order valence-corrected chi connectivity index (χ0v) is 9.21. The van der Waals surface area contributed by atoms with Crippen LogP contribution in [-0.2, 0) is 14.3 Å². The minimum Gasteiger partial charge on any atom is -0.465 e. The monoisotopic (exact) mass is 208 g/mol. The predicted octanol–water partition coefficient (Wildman–Crippen LogP) is 1.86. The van der Waals surface area contributed by atoms with E-state index in [4.69, 9.17) is 0 Å². The van der Waals surface area contributed by atoms with Gasteiger partial charge in [-0.15, -0.1) is 0 Å². The summed E-state index contributed by atoms with van der Waals surface area (Å²) in [6.45, 7) is 1.90. The lowest BCUT2D eigenvalue weighted by atomic mass is 9.79. The molecule has 2 rings (SSSR count). The van der Waals surface area contributed by atoms with Crippen molar-refractivity contribution in [2.75, 3.05) is 7.11 Å². The fourth-order valence-corrected chi connectivity index (χ4v) is 2.89. The Labute approximate surface area is 89.5 Å². The number of hydrogen-bond donors (Lipinski definition) is 0. The molecule has 2 atom stereocenters. The van der Waals surface area contributed by atoms with Crippen LogP contribution in [0.1, 0.15) is 32.6 Å². The van der Waals surface area contributed by atoms with Gasteiger partial charge in [-0.25, -0.2) is 4.79 Å². The molecule has 2 aliphatic rings. The fourth-order valence-electron chi connectivity index (χ4n) is 2.89. The van der Waals surface area contributed by atoms with E-state index in [1.807, 2.05) is 6.92 Å². The third-order valence-corrected chi connectivity index (χ3v) is 3.69. The second-order valence-electron chi connectivity index (χ2n) is 4.41. The van der Waals surface area contributed by atoms with E-state index < -0.39 is 5.97 Å². The van der Waals surface area contributed by atoms with Crippen LogP contribution in [0.3, 0.4) is 0 Å². The zero-order valence-electron chi connectivity index (χ0n) is 9.21. The Morgan fingerprint density at radius 3 is 2.40 bits per heavy atom. The number of fused-ring (bicyclic) bond motifs is 1. The van der Waals surface area contributed by atoms with Crippen LogP contribution in [0, 0.1) is 11.8 Å². The molecule has 0 radical (unpaired) electrons. The van der Waals surface area contributed by atoms with Gasteiger partial charge in [0.1, 0.15) is 5.57 Å². The average Bonchev–Trinajstić information content (AvgIpc) is 2.52. The maximum Gasteiger partial charge on any atom is 0.341 e. The SMILES string of the molecule is COC(=O)C1=C(C)[C@@H]2CCCC[C@@H]2C1=O. The van der Waals surface area contributed by atoms with Crippen molar-refractivity contribution in [3.8, 4) is 0 Å². The molecule has 1 fully saturated rings. The first-order valence-electron chi connectivity index (χ1n) is 5.50. The predicted molar refractivity (Wildman–Crippen MR) is 55.2 cm³/mol. The van der Waals surface area contributed by atoms with Gasteiger partial charge in [0, 0.05) is 5.92 Å². The van der Waals surface area contributed by atoms with Gasteiger partial charge in [0.05, 0.1) is 7.11 Å². The van der Waals surface area contributed by atoms with E-state index in [9.17, 15) is 9.59 Å². The summed E-state index contributed by atoms with van der Waals surface area (Å²) in [5.74, 6) is -0.0656. The quantitative estimate of drug-likeness (QED) is 0.488. The highest BCUT2D eigenvalue weighted by Gasteiger charge is 2.43. The summed E-state index contributed by atoms with van der Waals surface area (Å²) in [6, 6.07) is 0. The molecule has 0 saturated heterocycles. The summed E-state index contributed by atoms with van der Waals surface area (Å²) in [4.78, 5) is 23.5. The van der Waals surface area contributed by atoms with Gasteiger partial charge in [-0.1, -0.05) is 18.4 Å². The first-order valence-corrected chi connectivity index (χ1v) is 5.50. The van der Waals surface area contributed by atoms with Crippen molar-refractivity contribution >= 4 is 11.8 Å². The number of Topliss-reactive ketones (excluding diaryl/α,β-unsaturated/α-hetero) is 1. The molecule has 3 nitrogen and oxygen atoms in total. The van der Waals surface area contributed by atoms with E-state index in [0.717, 1.165) is 24.8 Å². The molecular weight excluding hydrogens is 192 g/mol. The van der Waals surface area contributed by atoms with E-state index >= 15 is 0 Å². The summed E-state index contributed by atoms with van der Waals surface area (Å²) in [5.41, 5.74) is 1.28. The van der Waals surface area contributed by atoms with Crippen LogP contribution >= 0.6 is 0 Å². The Bertz CT molecular complexity index is 341. The Balaban J connectivity index is 2.33. The highest BCUT2D eigenvalue weighted by Crippen LogP contribution is 2.43. The zero-order chi connectivity index (χ0) is 11.0. The molecule has 0 spiro atoms. The average molecular weight is 208 g/mol. The molecule has 0 N–H and O–H groups in total. The van der Waals surface area contributed by atoms with Gasteiger partial charge in [-0.2, -0.15) is 0 Å². The number of ether oxygens (including phenoxy) is 1. The normalized spacial score (nSPS) is 30.4. The first kappa shape index (κ1) is 10.4. The van der Waals surface area contributed by atoms with Crippen molar-refractivity contribution < 1.29 is 14.3 Å². The largest absolute Gasteiger partial charge is 0.465 e. The molecule has 82 valence electrons. The number of carbonyl (C=O) groups excluding carboxylic acids is 2. The van der Waals surface area contributed by atoms with E-state index in [1.165, 1.54) is 13.5 Å². The van der Waals surface area contributed by atoms with Gasteiger partial charge in [0.25, 0.3) is 0 Å². The van der Waals surface area contributed by atoms with Crippen molar-refractivity contribution in [1.29, 1.82) is 0 Å². The molecule has 0 heterocycles. The second kappa shape index (κ2) is 3.80. The number of allylic oxidation sites excluding steroid dienone is 1. The molecular formula is C12H16O3. The van der Waals surface area contributed by atoms with Crippen molar-refractivity contribution in [2.45, 2.75) is 32.6 Å². The van der Waals surface area contributed by atoms with Gasteiger partial charge >= 0.3 is 5.97 Å². The number of carbonyl (C=O) groups is 2. The van der Waals surface area contributed by atoms with E-state index in [2.05, 4.69) is 4.74 Å². The lowest BCUT2D eigenvalue weighted by Crippen LogP contribution is -2.22. The van der Waals surface area contributed by atoms with Crippen LogP contribution < -0.4 is 0 Å². The van der Waals surface area contributed by atoms with Gasteiger partial charge in [-0.05, 0) is 25.7 Å². The molecule has 0 amide bonds. The molecule has 0 aromatic carbocycles.